The van der Waals surface area contributed by atoms with Crippen LogP contribution in [-0.2, 0) is 12.8 Å². The molecule has 0 atom stereocenters. The van der Waals surface area contributed by atoms with E-state index < -0.39 is 11.6 Å². The summed E-state index contributed by atoms with van der Waals surface area (Å²) in [7, 11) is 0. The van der Waals surface area contributed by atoms with Crippen molar-refractivity contribution < 1.29 is 8.78 Å². The van der Waals surface area contributed by atoms with Gasteiger partial charge in [0, 0.05) is 16.9 Å². The van der Waals surface area contributed by atoms with Gasteiger partial charge in [-0.05, 0) is 35.6 Å². The van der Waals surface area contributed by atoms with E-state index in [9.17, 15) is 8.78 Å². The quantitative estimate of drug-likeness (QED) is 0.536. The van der Waals surface area contributed by atoms with Crippen molar-refractivity contribution >= 4 is 11.3 Å². The number of thiazole rings is 1. The zero-order chi connectivity index (χ0) is 18.0. The molecule has 2 aromatic carbocycles. The minimum atomic E-state index is -0.450. The maximum atomic E-state index is 14.2. The molecule has 0 N–H and O–H groups in total. The van der Waals surface area contributed by atoms with Gasteiger partial charge in [0.2, 0.25) is 0 Å². The van der Waals surface area contributed by atoms with Crippen LogP contribution in [0.25, 0.3) is 10.6 Å². The summed E-state index contributed by atoms with van der Waals surface area (Å²) >= 11 is 1.45. The Kier molecular flexibility index (Phi) is 5.00. The number of nitrogens with zero attached hydrogens (tertiary/aromatic N) is 1. The highest BCUT2D eigenvalue weighted by Crippen LogP contribution is 2.34. The zero-order valence-corrected chi connectivity index (χ0v) is 15.5. The third-order valence-corrected chi connectivity index (χ3v) is 4.97. The summed E-state index contributed by atoms with van der Waals surface area (Å²) in [4.78, 5) is 5.79. The molecule has 3 rings (SSSR count). The molecule has 130 valence electrons. The standard InChI is InChI=1S/C21H21F2NS/c1-21(2,3)13-18-19(11-14-7-5-4-6-8-14)25-20(24-18)16-12-15(22)9-10-17(16)23/h4-10,12H,11,13H2,1-3H3. The number of benzene rings is 2. The topological polar surface area (TPSA) is 12.9 Å². The van der Waals surface area contributed by atoms with Crippen LogP contribution in [0.3, 0.4) is 0 Å². The number of rotatable bonds is 4. The Morgan fingerprint density at radius 1 is 1.00 bits per heavy atom. The molecule has 0 unspecified atom stereocenters. The molecule has 0 amide bonds. The second-order valence-corrected chi connectivity index (χ2v) is 8.50. The van der Waals surface area contributed by atoms with E-state index in [1.54, 1.807) is 0 Å². The van der Waals surface area contributed by atoms with Crippen LogP contribution in [-0.4, -0.2) is 4.98 Å². The van der Waals surface area contributed by atoms with E-state index in [1.165, 1.54) is 23.0 Å². The molecule has 3 aromatic rings. The summed E-state index contributed by atoms with van der Waals surface area (Å²) in [5.74, 6) is -0.891. The van der Waals surface area contributed by atoms with Gasteiger partial charge in [0.25, 0.3) is 0 Å². The molecule has 0 radical (unpaired) electrons. The Morgan fingerprint density at radius 2 is 1.72 bits per heavy atom. The lowest BCUT2D eigenvalue weighted by Gasteiger charge is -2.17. The third kappa shape index (κ3) is 4.51. The van der Waals surface area contributed by atoms with Gasteiger partial charge in [-0.25, -0.2) is 13.8 Å². The van der Waals surface area contributed by atoms with Crippen molar-refractivity contribution in [3.63, 3.8) is 0 Å². The molecular weight excluding hydrogens is 336 g/mol. The van der Waals surface area contributed by atoms with Crippen LogP contribution < -0.4 is 0 Å². The van der Waals surface area contributed by atoms with Gasteiger partial charge in [-0.3, -0.25) is 0 Å². The van der Waals surface area contributed by atoms with Crippen molar-refractivity contribution in [3.8, 4) is 10.6 Å². The normalized spacial score (nSPS) is 11.7. The molecule has 0 fully saturated rings. The van der Waals surface area contributed by atoms with Crippen molar-refractivity contribution in [3.05, 3.63) is 76.3 Å². The molecule has 1 heterocycles. The monoisotopic (exact) mass is 357 g/mol. The third-order valence-electron chi connectivity index (χ3n) is 3.84. The van der Waals surface area contributed by atoms with Gasteiger partial charge in [-0.2, -0.15) is 0 Å². The molecule has 1 nitrogen and oxygen atoms in total. The van der Waals surface area contributed by atoms with E-state index in [4.69, 9.17) is 0 Å². The van der Waals surface area contributed by atoms with E-state index in [2.05, 4.69) is 37.9 Å². The molecule has 0 aliphatic heterocycles. The molecule has 0 saturated carbocycles. The minimum absolute atomic E-state index is 0.0667. The number of hydrogen-bond donors (Lipinski definition) is 0. The minimum Gasteiger partial charge on any atom is -0.241 e. The number of hydrogen-bond acceptors (Lipinski definition) is 2. The first-order chi connectivity index (χ1) is 11.8. The predicted octanol–water partition coefficient (Wildman–Crippen LogP) is 6.27. The lowest BCUT2D eigenvalue weighted by Crippen LogP contribution is -2.11. The summed E-state index contributed by atoms with van der Waals surface area (Å²) in [6, 6.07) is 13.7. The smallest absolute Gasteiger partial charge is 0.133 e. The fraction of sp³-hybridized carbons (Fsp3) is 0.286. The highest BCUT2D eigenvalue weighted by Gasteiger charge is 2.21. The van der Waals surface area contributed by atoms with Crippen molar-refractivity contribution in [2.45, 2.75) is 33.6 Å². The Hall–Kier alpha value is -2.07. The largest absolute Gasteiger partial charge is 0.241 e. The Labute approximate surface area is 151 Å². The molecular formula is C21H21F2NS. The number of aromatic nitrogens is 1. The summed E-state index contributed by atoms with van der Waals surface area (Å²) in [5.41, 5.74) is 2.46. The molecule has 1 aromatic heterocycles. The van der Waals surface area contributed by atoms with Crippen molar-refractivity contribution in [2.75, 3.05) is 0 Å². The molecule has 0 bridgehead atoms. The molecule has 4 heteroatoms. The second-order valence-electron chi connectivity index (χ2n) is 7.41. The average Bonchev–Trinajstić information content (AvgIpc) is 2.91. The van der Waals surface area contributed by atoms with Gasteiger partial charge in [0.1, 0.15) is 16.6 Å². The van der Waals surface area contributed by atoms with Gasteiger partial charge in [-0.1, -0.05) is 51.1 Å². The first-order valence-corrected chi connectivity index (χ1v) is 9.11. The highest BCUT2D eigenvalue weighted by molar-refractivity contribution is 7.15. The molecule has 25 heavy (non-hydrogen) atoms. The van der Waals surface area contributed by atoms with Crippen LogP contribution >= 0.6 is 11.3 Å². The van der Waals surface area contributed by atoms with Crippen LogP contribution in [0.1, 0.15) is 36.9 Å². The summed E-state index contributed by atoms with van der Waals surface area (Å²) in [6.07, 6.45) is 1.55. The van der Waals surface area contributed by atoms with E-state index in [0.717, 1.165) is 35.5 Å². The Balaban J connectivity index is 2.03. The Bertz CT molecular complexity index is 863. The first-order valence-electron chi connectivity index (χ1n) is 8.30. The van der Waals surface area contributed by atoms with Gasteiger partial charge < -0.3 is 0 Å². The lowest BCUT2D eigenvalue weighted by atomic mass is 9.89. The lowest BCUT2D eigenvalue weighted by molar-refractivity contribution is 0.406. The van der Waals surface area contributed by atoms with Gasteiger partial charge in [0.15, 0.2) is 0 Å². The van der Waals surface area contributed by atoms with Gasteiger partial charge in [0.05, 0.1) is 5.69 Å². The van der Waals surface area contributed by atoms with Crippen LogP contribution in [0.15, 0.2) is 48.5 Å². The number of halogens is 2. The van der Waals surface area contributed by atoms with E-state index in [-0.39, 0.29) is 11.0 Å². The van der Waals surface area contributed by atoms with Crippen LogP contribution in [0.5, 0.6) is 0 Å². The van der Waals surface area contributed by atoms with E-state index in [0.29, 0.717) is 5.01 Å². The second kappa shape index (κ2) is 7.04. The first kappa shape index (κ1) is 17.7. The van der Waals surface area contributed by atoms with Crippen LogP contribution in [0.4, 0.5) is 8.78 Å². The van der Waals surface area contributed by atoms with Gasteiger partial charge >= 0.3 is 0 Å². The SMILES string of the molecule is CC(C)(C)Cc1nc(-c2cc(F)ccc2F)sc1Cc1ccccc1. The van der Waals surface area contributed by atoms with Crippen LogP contribution in [0.2, 0.25) is 0 Å². The fourth-order valence-corrected chi connectivity index (χ4v) is 3.85. The fourth-order valence-electron chi connectivity index (χ4n) is 2.72. The molecule has 0 aliphatic carbocycles. The zero-order valence-electron chi connectivity index (χ0n) is 14.6. The van der Waals surface area contributed by atoms with Gasteiger partial charge in [-0.15, -0.1) is 11.3 Å². The van der Waals surface area contributed by atoms with E-state index in [1.807, 2.05) is 18.2 Å². The Morgan fingerprint density at radius 3 is 2.40 bits per heavy atom. The summed E-state index contributed by atoms with van der Waals surface area (Å²) in [6.45, 7) is 6.46. The molecule has 0 spiro atoms. The maximum absolute atomic E-state index is 14.2. The predicted molar refractivity (Wildman–Crippen MR) is 99.9 cm³/mol. The summed E-state index contributed by atoms with van der Waals surface area (Å²) < 4.78 is 27.7. The maximum Gasteiger partial charge on any atom is 0.133 e. The van der Waals surface area contributed by atoms with Crippen LogP contribution in [0, 0.1) is 17.0 Å². The van der Waals surface area contributed by atoms with Crippen molar-refractivity contribution in [1.82, 2.24) is 4.98 Å². The summed E-state index contributed by atoms with van der Waals surface area (Å²) in [5, 5.41) is 0.544. The van der Waals surface area contributed by atoms with Crippen molar-refractivity contribution in [2.24, 2.45) is 5.41 Å². The van der Waals surface area contributed by atoms with E-state index >= 15 is 0 Å². The molecule has 0 aliphatic rings. The highest BCUT2D eigenvalue weighted by atomic mass is 32.1. The molecule has 0 saturated heterocycles. The van der Waals surface area contributed by atoms with Crippen molar-refractivity contribution in [1.29, 1.82) is 0 Å². The average molecular weight is 357 g/mol.